The molecule has 6 nitrogen and oxygen atoms in total. The van der Waals surface area contributed by atoms with Crippen LogP contribution in [0.5, 0.6) is 0 Å². The highest BCUT2D eigenvalue weighted by atomic mass is 28.4. The lowest BCUT2D eigenvalue weighted by Gasteiger charge is -2.20. The zero-order valence-corrected chi connectivity index (χ0v) is 18.9. The Kier molecular flexibility index (Phi) is 7.91. The molecule has 0 unspecified atom stereocenters. The van der Waals surface area contributed by atoms with Crippen LogP contribution in [0.15, 0.2) is 5.16 Å². The van der Waals surface area contributed by atoms with E-state index in [0.29, 0.717) is 0 Å². The summed E-state index contributed by atoms with van der Waals surface area (Å²) >= 11 is 0. The number of carbonyl (C=O) groups is 2. The van der Waals surface area contributed by atoms with Gasteiger partial charge in [-0.25, -0.2) is 4.79 Å². The second-order valence-corrected chi connectivity index (χ2v) is 21.6. The number of rotatable bonds is 8. The molecule has 0 aliphatic carbocycles. The summed E-state index contributed by atoms with van der Waals surface area (Å²) in [5, 5.41) is 3.98. The summed E-state index contributed by atoms with van der Waals surface area (Å²) in [7, 11) is -5.88. The highest BCUT2D eigenvalue weighted by molar-refractivity contribution is 6.73. The molecule has 0 rings (SSSR count). The second kappa shape index (κ2) is 8.25. The first-order valence-electron chi connectivity index (χ1n) is 7.79. The van der Waals surface area contributed by atoms with Crippen molar-refractivity contribution < 1.29 is 23.0 Å². The van der Waals surface area contributed by atoms with Crippen LogP contribution >= 0.6 is 0 Å². The summed E-state index contributed by atoms with van der Waals surface area (Å²) in [6.07, 6.45) is 0.260. The van der Waals surface area contributed by atoms with E-state index in [-0.39, 0.29) is 24.5 Å². The van der Waals surface area contributed by atoms with Gasteiger partial charge < -0.3 is 13.4 Å². The van der Waals surface area contributed by atoms with Gasteiger partial charge in [-0.15, -0.1) is 0 Å². The van der Waals surface area contributed by atoms with Crippen LogP contribution in [0.4, 0.5) is 0 Å². The van der Waals surface area contributed by atoms with Gasteiger partial charge in [-0.05, 0) is 58.9 Å². The Morgan fingerprint density at radius 3 is 1.61 bits per heavy atom. The third kappa shape index (κ3) is 13.2. The molecule has 0 aliphatic heterocycles. The van der Waals surface area contributed by atoms with E-state index in [0.717, 1.165) is 0 Å². The van der Waals surface area contributed by atoms with Crippen LogP contribution in [0.3, 0.4) is 0 Å². The van der Waals surface area contributed by atoms with E-state index in [1.54, 1.807) is 0 Å². The minimum absolute atomic E-state index is 0.0962. The van der Waals surface area contributed by atoms with Crippen LogP contribution < -0.4 is 0 Å². The number of nitrogens with zero attached hydrogens (tertiary/aromatic N) is 1. The fourth-order valence-corrected chi connectivity index (χ4v) is 3.17. The number of oxime groups is 1. The second-order valence-electron chi connectivity index (χ2n) is 8.33. The fourth-order valence-electron chi connectivity index (χ4n) is 1.33. The minimum Gasteiger partial charge on any atom is -0.520 e. The van der Waals surface area contributed by atoms with Crippen molar-refractivity contribution in [2.75, 3.05) is 0 Å². The number of hydrogen-bond donors (Lipinski definition) is 0. The highest BCUT2D eigenvalue weighted by Gasteiger charge is 2.27. The topological polar surface area (TPSA) is 74.2 Å². The summed E-state index contributed by atoms with van der Waals surface area (Å²) in [4.78, 5) is 24.1. The van der Waals surface area contributed by atoms with Crippen LogP contribution in [-0.2, 0) is 23.0 Å². The van der Waals surface area contributed by atoms with Gasteiger partial charge in [0.05, 0.1) is 6.42 Å². The van der Waals surface area contributed by atoms with Crippen LogP contribution in [-0.4, -0.2) is 42.6 Å². The van der Waals surface area contributed by atoms with Crippen molar-refractivity contribution >= 4 is 42.6 Å². The fraction of sp³-hybridized carbons (Fsp3) is 0.786. The molecule has 23 heavy (non-hydrogen) atoms. The molecule has 9 heteroatoms. The Labute approximate surface area is 143 Å². The molecule has 0 N–H and O–H groups in total. The lowest BCUT2D eigenvalue weighted by molar-refractivity contribution is -0.134. The smallest absolute Gasteiger partial charge is 0.342 e. The van der Waals surface area contributed by atoms with Gasteiger partial charge in [0, 0.05) is 6.42 Å². The molecular weight excluding hydrogens is 346 g/mol. The first kappa shape index (κ1) is 22.1. The van der Waals surface area contributed by atoms with Gasteiger partial charge in [-0.1, -0.05) is 5.16 Å². The predicted octanol–water partition coefficient (Wildman–Crippen LogP) is 3.73. The van der Waals surface area contributed by atoms with E-state index in [2.05, 4.69) is 5.16 Å². The molecule has 0 spiro atoms. The summed E-state index contributed by atoms with van der Waals surface area (Å²) in [6, 6.07) is 0. The predicted molar refractivity (Wildman–Crippen MR) is 100.0 cm³/mol. The zero-order chi connectivity index (χ0) is 18.5. The SMILES string of the molecule is C[Si](C)(C)O/N=C(/CCC(=O)O[Si](C)(C)C)C(=O)O[Si](C)(C)C. The Balaban J connectivity index is 4.93. The van der Waals surface area contributed by atoms with Crippen molar-refractivity contribution in [2.45, 2.75) is 71.8 Å². The van der Waals surface area contributed by atoms with Crippen molar-refractivity contribution in [3.05, 3.63) is 0 Å². The summed E-state index contributed by atoms with van der Waals surface area (Å²) in [5.74, 6) is -0.811. The molecule has 0 saturated heterocycles. The molecule has 0 aliphatic rings. The van der Waals surface area contributed by atoms with Gasteiger partial charge in [-0.3, -0.25) is 4.79 Å². The lowest BCUT2D eigenvalue weighted by Crippen LogP contribution is -2.34. The number of carbonyl (C=O) groups excluding carboxylic acids is 2. The average molecular weight is 378 g/mol. The van der Waals surface area contributed by atoms with Crippen molar-refractivity contribution in [1.29, 1.82) is 0 Å². The first-order chi connectivity index (χ1) is 10.1. The van der Waals surface area contributed by atoms with E-state index in [1.807, 2.05) is 58.9 Å². The molecule has 0 atom stereocenters. The van der Waals surface area contributed by atoms with Crippen LogP contribution in [0.25, 0.3) is 0 Å². The van der Waals surface area contributed by atoms with E-state index in [4.69, 9.17) is 13.4 Å². The largest absolute Gasteiger partial charge is 0.520 e. The molecule has 134 valence electrons. The maximum Gasteiger partial charge on any atom is 0.342 e. The monoisotopic (exact) mass is 377 g/mol. The van der Waals surface area contributed by atoms with Crippen molar-refractivity contribution in [2.24, 2.45) is 5.16 Å². The molecule has 0 saturated carbocycles. The van der Waals surface area contributed by atoms with Crippen LogP contribution in [0.1, 0.15) is 12.8 Å². The van der Waals surface area contributed by atoms with Gasteiger partial charge in [0.15, 0.2) is 5.71 Å². The van der Waals surface area contributed by atoms with E-state index in [1.165, 1.54) is 0 Å². The maximum atomic E-state index is 12.2. The van der Waals surface area contributed by atoms with Gasteiger partial charge in [0.1, 0.15) is 0 Å². The van der Waals surface area contributed by atoms with Crippen molar-refractivity contribution in [3.63, 3.8) is 0 Å². The molecular formula is C14H31NO5Si3. The third-order valence-corrected chi connectivity index (χ3v) is 4.33. The molecule has 0 aromatic rings. The molecule has 0 heterocycles. The molecule has 0 aromatic heterocycles. The molecule has 0 radical (unpaired) electrons. The Bertz CT molecular complexity index is 459. The van der Waals surface area contributed by atoms with Gasteiger partial charge in [0.25, 0.3) is 14.3 Å². The van der Waals surface area contributed by atoms with Crippen molar-refractivity contribution in [3.8, 4) is 0 Å². The van der Waals surface area contributed by atoms with Crippen LogP contribution in [0.2, 0.25) is 58.9 Å². The zero-order valence-electron chi connectivity index (χ0n) is 15.9. The average Bonchev–Trinajstić information content (AvgIpc) is 2.21. The van der Waals surface area contributed by atoms with Crippen molar-refractivity contribution in [1.82, 2.24) is 0 Å². The summed E-state index contributed by atoms with van der Waals surface area (Å²) in [6.45, 7) is 17.5. The summed E-state index contributed by atoms with van der Waals surface area (Å²) < 4.78 is 16.3. The van der Waals surface area contributed by atoms with E-state index >= 15 is 0 Å². The molecule has 0 bridgehead atoms. The third-order valence-electron chi connectivity index (χ3n) is 2.05. The minimum atomic E-state index is -2.04. The van der Waals surface area contributed by atoms with E-state index in [9.17, 15) is 9.59 Å². The molecule has 0 fully saturated rings. The van der Waals surface area contributed by atoms with Gasteiger partial charge in [-0.2, -0.15) is 0 Å². The van der Waals surface area contributed by atoms with Crippen LogP contribution in [0, 0.1) is 0 Å². The lowest BCUT2D eigenvalue weighted by atomic mass is 10.2. The Morgan fingerprint density at radius 1 is 0.739 bits per heavy atom. The standard InChI is InChI=1S/C14H31NO5Si3/c1-21(2,3)18-13(16)11-10-12(15-20-23(7,8)9)14(17)19-22(4,5)6/h10-11H2,1-9H3/b15-12-. The normalized spacial score (nSPS) is 13.5. The number of hydrogen-bond acceptors (Lipinski definition) is 6. The maximum absolute atomic E-state index is 12.2. The molecule has 0 aromatic carbocycles. The Morgan fingerprint density at radius 2 is 1.22 bits per heavy atom. The summed E-state index contributed by atoms with van der Waals surface area (Å²) in [5.41, 5.74) is 0.155. The Hall–Kier alpha value is -0.939. The molecule has 0 amide bonds. The van der Waals surface area contributed by atoms with Gasteiger partial charge >= 0.3 is 5.97 Å². The highest BCUT2D eigenvalue weighted by Crippen LogP contribution is 2.11. The van der Waals surface area contributed by atoms with E-state index < -0.39 is 30.9 Å². The quantitative estimate of drug-likeness (QED) is 0.366. The first-order valence-corrected chi connectivity index (χ1v) is 18.0. The van der Waals surface area contributed by atoms with Gasteiger partial charge in [0.2, 0.25) is 16.6 Å².